The molecule has 0 unspecified atom stereocenters. The van der Waals surface area contributed by atoms with Crippen LogP contribution in [0.3, 0.4) is 0 Å². The molecule has 0 atom stereocenters. The number of hydrogen-bond acceptors (Lipinski definition) is 4. The first-order valence-corrected chi connectivity index (χ1v) is 12.2. The Labute approximate surface area is 252 Å². The Hall–Kier alpha value is -2.80. The van der Waals surface area contributed by atoms with E-state index in [2.05, 4.69) is 77.6 Å². The van der Waals surface area contributed by atoms with Crippen molar-refractivity contribution >= 4 is 39.6 Å². The predicted octanol–water partition coefficient (Wildman–Crippen LogP) is -0.858. The summed E-state index contributed by atoms with van der Waals surface area (Å²) in [7, 11) is -2.55. The number of rotatable bonds is 7. The van der Waals surface area contributed by atoms with E-state index in [-0.39, 0.29) is 44.3 Å². The van der Waals surface area contributed by atoms with Gasteiger partial charge in [0.15, 0.2) is 0 Å². The van der Waals surface area contributed by atoms with E-state index in [1.165, 1.54) is 0 Å². The van der Waals surface area contributed by atoms with Crippen LogP contribution in [0.2, 0.25) is 0 Å². The molecule has 0 bridgehead atoms. The minimum absolute atomic E-state index is 0. The second kappa shape index (κ2) is 12.6. The molecule has 6 aromatic rings. The van der Waals surface area contributed by atoms with Crippen molar-refractivity contribution in [3.63, 3.8) is 0 Å². The Morgan fingerprint density at radius 2 is 0.821 bits per heavy atom. The second-order valence-corrected chi connectivity index (χ2v) is 9.13. The summed E-state index contributed by atoms with van der Waals surface area (Å²) < 4.78 is 0. The summed E-state index contributed by atoms with van der Waals surface area (Å²) in [6.07, 6.45) is 0. The van der Waals surface area contributed by atoms with Crippen molar-refractivity contribution in [3.05, 3.63) is 144 Å². The molecule has 0 spiro atoms. The van der Waals surface area contributed by atoms with Crippen molar-refractivity contribution in [2.45, 2.75) is 5.41 Å². The van der Waals surface area contributed by atoms with Crippen LogP contribution in [0.25, 0.3) is 32.3 Å². The van der Waals surface area contributed by atoms with E-state index in [4.69, 9.17) is 4.89 Å². The topological polar surface area (TPSA) is 64.6 Å². The monoisotopic (exact) mass is 496 g/mol. The van der Waals surface area contributed by atoms with Crippen molar-refractivity contribution in [3.8, 4) is 0 Å². The van der Waals surface area contributed by atoms with Crippen LogP contribution < -0.4 is 47.8 Å². The van der Waals surface area contributed by atoms with Gasteiger partial charge in [0.25, 0.3) is 0 Å². The van der Waals surface area contributed by atoms with Crippen LogP contribution in [0, 0.1) is 0 Å². The maximum absolute atomic E-state index is 11.4. The van der Waals surface area contributed by atoms with E-state index < -0.39 is 12.7 Å². The molecule has 6 aromatic carbocycles. The van der Waals surface area contributed by atoms with Gasteiger partial charge in [0.1, 0.15) is 7.32 Å². The Morgan fingerprint density at radius 3 is 1.18 bits per heavy atom. The molecule has 6 rings (SSSR count). The van der Waals surface area contributed by atoms with Gasteiger partial charge in [-0.05, 0) is 49.0 Å². The van der Waals surface area contributed by atoms with Gasteiger partial charge in [0.2, 0.25) is 0 Å². The predicted molar refractivity (Wildman–Crippen MR) is 145 cm³/mol. The molecule has 0 saturated carbocycles. The standard InChI is InChI=1S/C32H23BO4.2Li/c34-33(35)37-36-22-32(29-19-7-13-23-10-1-4-16-26(23)29,30-20-8-14-24-11-2-5-17-27(24)30)31-21-9-15-25-12-3-6-18-28(25)31;;/h1-21H,22H2;;/q-2;2*+1. The fourth-order valence-corrected chi connectivity index (χ4v) is 5.64. The zero-order valence-corrected chi connectivity index (χ0v) is 22.0. The molecule has 0 saturated heterocycles. The van der Waals surface area contributed by atoms with Gasteiger partial charge in [-0.3, -0.25) is 4.89 Å². The summed E-state index contributed by atoms with van der Waals surface area (Å²) >= 11 is 0. The third-order valence-corrected chi connectivity index (χ3v) is 7.17. The van der Waals surface area contributed by atoms with Crippen LogP contribution >= 0.6 is 0 Å². The molecule has 0 aliphatic heterocycles. The maximum atomic E-state index is 11.4. The molecule has 0 heterocycles. The Balaban J connectivity index is 0.00000176. The van der Waals surface area contributed by atoms with Gasteiger partial charge in [0.05, 0.1) is 12.0 Å². The molecule has 4 nitrogen and oxygen atoms in total. The third-order valence-electron chi connectivity index (χ3n) is 7.17. The zero-order valence-electron chi connectivity index (χ0n) is 22.0. The quantitative estimate of drug-likeness (QED) is 0.125. The van der Waals surface area contributed by atoms with Crippen LogP contribution in [0.15, 0.2) is 127 Å². The largest absolute Gasteiger partial charge is 1.00 e. The molecular weight excluding hydrogens is 473 g/mol. The van der Waals surface area contributed by atoms with Crippen LogP contribution in [0.4, 0.5) is 0 Å². The van der Waals surface area contributed by atoms with E-state index in [0.717, 1.165) is 49.0 Å². The number of hydrogen-bond donors (Lipinski definition) is 0. The fourth-order valence-electron chi connectivity index (χ4n) is 5.64. The summed E-state index contributed by atoms with van der Waals surface area (Å²) in [5.41, 5.74) is 2.07. The van der Waals surface area contributed by atoms with Crippen molar-refractivity contribution in [2.24, 2.45) is 0 Å². The number of fused-ring (bicyclic) bond motifs is 3. The summed E-state index contributed by atoms with van der Waals surface area (Å²) in [5, 5.41) is 29.1. The smallest absolute Gasteiger partial charge is 0.868 e. The minimum Gasteiger partial charge on any atom is -0.868 e. The first-order chi connectivity index (χ1) is 18.2. The normalized spacial score (nSPS) is 11.2. The van der Waals surface area contributed by atoms with Gasteiger partial charge in [-0.25, -0.2) is 0 Å². The van der Waals surface area contributed by atoms with Gasteiger partial charge in [0, 0.05) is 0 Å². The fraction of sp³-hybridized carbons (Fsp3) is 0.0625. The first-order valence-electron chi connectivity index (χ1n) is 12.2. The Kier molecular flexibility index (Phi) is 9.42. The number of benzene rings is 6. The summed E-state index contributed by atoms with van der Waals surface area (Å²) in [6.45, 7) is -0.0655. The van der Waals surface area contributed by atoms with E-state index in [1.807, 2.05) is 54.6 Å². The third kappa shape index (κ3) is 5.34. The molecule has 0 aliphatic carbocycles. The molecule has 180 valence electrons. The zero-order chi connectivity index (χ0) is 25.2. The van der Waals surface area contributed by atoms with E-state index in [9.17, 15) is 10.0 Å². The Morgan fingerprint density at radius 1 is 0.487 bits per heavy atom. The molecule has 0 aromatic heterocycles. The van der Waals surface area contributed by atoms with Gasteiger partial charge >= 0.3 is 37.7 Å². The van der Waals surface area contributed by atoms with Crippen molar-refractivity contribution in [1.29, 1.82) is 0 Å². The van der Waals surface area contributed by atoms with Gasteiger partial charge in [-0.15, -0.1) is 0 Å². The average Bonchev–Trinajstić information content (AvgIpc) is 2.95. The minimum atomic E-state index is -2.55. The summed E-state index contributed by atoms with van der Waals surface area (Å²) in [4.78, 5) is 10.2. The maximum Gasteiger partial charge on any atom is 1.00 e. The van der Waals surface area contributed by atoms with Crippen molar-refractivity contribution < 1.29 is 57.5 Å². The van der Waals surface area contributed by atoms with Gasteiger partial charge < -0.3 is 14.9 Å². The molecule has 0 radical (unpaired) electrons. The molecule has 39 heavy (non-hydrogen) atoms. The Bertz CT molecular complexity index is 1520. The summed E-state index contributed by atoms with van der Waals surface area (Å²) in [5.74, 6) is 0. The summed E-state index contributed by atoms with van der Waals surface area (Å²) in [6, 6.07) is 43.3. The molecule has 0 N–H and O–H groups in total. The van der Waals surface area contributed by atoms with Gasteiger partial charge in [-0.1, -0.05) is 127 Å². The van der Waals surface area contributed by atoms with Crippen LogP contribution in [0.1, 0.15) is 16.7 Å². The van der Waals surface area contributed by atoms with Gasteiger partial charge in [-0.2, -0.15) is 0 Å². The van der Waals surface area contributed by atoms with Crippen LogP contribution in [-0.4, -0.2) is 13.9 Å². The first kappa shape index (κ1) is 29.2. The molecule has 0 aliphatic rings. The molecule has 0 amide bonds. The molecule has 0 fully saturated rings. The van der Waals surface area contributed by atoms with Crippen LogP contribution in [-0.2, 0) is 15.1 Å². The second-order valence-electron chi connectivity index (χ2n) is 9.13. The van der Waals surface area contributed by atoms with E-state index >= 15 is 0 Å². The molecule has 7 heteroatoms. The van der Waals surface area contributed by atoms with Crippen molar-refractivity contribution in [1.82, 2.24) is 0 Å². The average molecular weight is 496 g/mol. The SMILES string of the molecule is [Li+].[Li+].[O-]B([O-])OOCC(c1cccc2ccccc12)(c1cccc2ccccc12)c1cccc2ccccc12. The van der Waals surface area contributed by atoms with Crippen LogP contribution in [0.5, 0.6) is 0 Å². The van der Waals surface area contributed by atoms with Crippen molar-refractivity contribution in [2.75, 3.05) is 6.61 Å². The van der Waals surface area contributed by atoms with E-state index in [1.54, 1.807) is 0 Å². The van der Waals surface area contributed by atoms with E-state index in [0.29, 0.717) is 0 Å². The molecular formula is C32H23BLi2O4.